The molecule has 0 radical (unpaired) electrons. The Morgan fingerprint density at radius 1 is 1.35 bits per heavy atom. The Hall–Kier alpha value is -2.00. The highest BCUT2D eigenvalue weighted by Crippen LogP contribution is 2.24. The molecular weight excluding hydrogens is 280 g/mol. The van der Waals surface area contributed by atoms with Crippen LogP contribution in [-0.4, -0.2) is 35.6 Å². The van der Waals surface area contributed by atoms with Crippen LogP contribution in [0.3, 0.4) is 0 Å². The number of tetrazole rings is 1. The van der Waals surface area contributed by atoms with Gasteiger partial charge in [0.25, 0.3) is 0 Å². The molecule has 3 N–H and O–H groups in total. The van der Waals surface area contributed by atoms with Crippen molar-refractivity contribution in [3.05, 3.63) is 30.1 Å². The third kappa shape index (κ3) is 3.11. The van der Waals surface area contributed by atoms with E-state index >= 15 is 0 Å². The van der Waals surface area contributed by atoms with Crippen molar-refractivity contribution < 1.29 is 8.42 Å². The highest BCUT2D eigenvalue weighted by atomic mass is 32.2. The first-order valence-electron chi connectivity index (χ1n) is 6.13. The maximum absolute atomic E-state index is 12.1. The van der Waals surface area contributed by atoms with Gasteiger partial charge in [-0.25, -0.2) is 13.1 Å². The van der Waals surface area contributed by atoms with Crippen LogP contribution < -0.4 is 10.0 Å². The fraction of sp³-hybridized carbons (Fsp3) is 0.364. The summed E-state index contributed by atoms with van der Waals surface area (Å²) in [4.78, 5) is 0.192. The Labute approximate surface area is 117 Å². The monoisotopic (exact) mass is 296 g/mol. The normalized spacial score (nSPS) is 13.1. The smallest absolute Gasteiger partial charge is 0.242 e. The molecule has 2 rings (SSSR count). The Kier molecular flexibility index (Phi) is 4.30. The van der Waals surface area contributed by atoms with Crippen molar-refractivity contribution in [1.82, 2.24) is 25.3 Å². The molecule has 0 fully saturated rings. The number of para-hydroxylation sites is 1. The van der Waals surface area contributed by atoms with Crippen LogP contribution >= 0.6 is 0 Å². The van der Waals surface area contributed by atoms with Crippen molar-refractivity contribution in [1.29, 1.82) is 0 Å². The lowest BCUT2D eigenvalue weighted by molar-refractivity contribution is 0.584. The lowest BCUT2D eigenvalue weighted by Gasteiger charge is -2.15. The van der Waals surface area contributed by atoms with E-state index in [-0.39, 0.29) is 10.9 Å². The van der Waals surface area contributed by atoms with E-state index in [4.69, 9.17) is 0 Å². The van der Waals surface area contributed by atoms with E-state index in [1.54, 1.807) is 31.2 Å². The third-order valence-corrected chi connectivity index (χ3v) is 4.24. The van der Waals surface area contributed by atoms with Gasteiger partial charge in [-0.15, -0.1) is 10.2 Å². The number of anilines is 1. The average Bonchev–Trinajstić information content (AvgIpc) is 2.93. The summed E-state index contributed by atoms with van der Waals surface area (Å²) < 4.78 is 26.7. The standard InChI is InChI=1S/C11H16N6O2S/c1-3-12-20(18,19)10-7-5-4-6-9(10)13-8(2)11-14-16-17-15-11/h4-8,12-13H,3H2,1-2H3,(H,14,15,16,17). The van der Waals surface area contributed by atoms with Crippen molar-refractivity contribution in [3.63, 3.8) is 0 Å². The van der Waals surface area contributed by atoms with E-state index < -0.39 is 10.0 Å². The Morgan fingerprint density at radius 3 is 2.75 bits per heavy atom. The number of aromatic amines is 1. The number of rotatable bonds is 6. The fourth-order valence-electron chi connectivity index (χ4n) is 1.74. The van der Waals surface area contributed by atoms with Crippen molar-refractivity contribution >= 4 is 15.7 Å². The van der Waals surface area contributed by atoms with E-state index in [9.17, 15) is 8.42 Å². The van der Waals surface area contributed by atoms with Gasteiger partial charge in [0.1, 0.15) is 4.90 Å². The van der Waals surface area contributed by atoms with E-state index in [1.807, 2.05) is 6.92 Å². The van der Waals surface area contributed by atoms with Crippen LogP contribution in [0.15, 0.2) is 29.2 Å². The molecule has 0 spiro atoms. The molecule has 1 heterocycles. The SMILES string of the molecule is CCNS(=O)(=O)c1ccccc1NC(C)c1nn[nH]n1. The summed E-state index contributed by atoms with van der Waals surface area (Å²) in [5, 5.41) is 16.6. The van der Waals surface area contributed by atoms with Gasteiger partial charge < -0.3 is 5.32 Å². The van der Waals surface area contributed by atoms with Crippen LogP contribution in [0.2, 0.25) is 0 Å². The Balaban J connectivity index is 2.29. The Morgan fingerprint density at radius 2 is 2.10 bits per heavy atom. The molecule has 108 valence electrons. The first kappa shape index (κ1) is 14.4. The van der Waals surface area contributed by atoms with Crippen LogP contribution in [0.5, 0.6) is 0 Å². The number of sulfonamides is 1. The minimum Gasteiger partial charge on any atom is -0.374 e. The molecule has 1 unspecified atom stereocenters. The number of hydrogen-bond acceptors (Lipinski definition) is 6. The quantitative estimate of drug-likeness (QED) is 0.722. The summed E-state index contributed by atoms with van der Waals surface area (Å²) in [5.74, 6) is 0.459. The zero-order valence-corrected chi connectivity index (χ0v) is 12.0. The van der Waals surface area contributed by atoms with E-state index in [0.29, 0.717) is 18.1 Å². The zero-order chi connectivity index (χ0) is 14.6. The number of H-pyrrole nitrogens is 1. The maximum Gasteiger partial charge on any atom is 0.242 e. The number of hydrogen-bond donors (Lipinski definition) is 3. The van der Waals surface area contributed by atoms with Crippen LogP contribution in [0.4, 0.5) is 5.69 Å². The summed E-state index contributed by atoms with van der Waals surface area (Å²) in [6, 6.07) is 6.40. The second kappa shape index (κ2) is 5.97. The molecule has 0 bridgehead atoms. The highest BCUT2D eigenvalue weighted by Gasteiger charge is 2.19. The van der Waals surface area contributed by atoms with Gasteiger partial charge in [-0.1, -0.05) is 24.3 Å². The number of aromatic nitrogens is 4. The number of benzene rings is 1. The lowest BCUT2D eigenvalue weighted by atomic mass is 10.2. The van der Waals surface area contributed by atoms with Gasteiger partial charge in [0, 0.05) is 6.54 Å². The first-order chi connectivity index (χ1) is 9.54. The molecule has 0 aliphatic rings. The van der Waals surface area contributed by atoms with Crippen LogP contribution in [-0.2, 0) is 10.0 Å². The predicted octanol–water partition coefficient (Wildman–Crippen LogP) is 0.671. The molecule has 9 heteroatoms. The van der Waals surface area contributed by atoms with Crippen molar-refractivity contribution in [2.75, 3.05) is 11.9 Å². The topological polar surface area (TPSA) is 113 Å². The third-order valence-electron chi connectivity index (χ3n) is 2.63. The molecule has 0 aliphatic carbocycles. The minimum atomic E-state index is -3.53. The molecule has 1 aromatic heterocycles. The minimum absolute atomic E-state index is 0.192. The molecule has 1 aromatic carbocycles. The van der Waals surface area contributed by atoms with Crippen molar-refractivity contribution in [2.24, 2.45) is 0 Å². The summed E-state index contributed by atoms with van der Waals surface area (Å²) in [6.45, 7) is 3.88. The second-order valence-corrected chi connectivity index (χ2v) is 5.87. The largest absolute Gasteiger partial charge is 0.374 e. The maximum atomic E-state index is 12.1. The van der Waals surface area contributed by atoms with Gasteiger partial charge in [0.2, 0.25) is 10.0 Å². The fourth-order valence-corrected chi connectivity index (χ4v) is 2.95. The zero-order valence-electron chi connectivity index (χ0n) is 11.2. The average molecular weight is 296 g/mol. The molecule has 0 amide bonds. The van der Waals surface area contributed by atoms with Gasteiger partial charge in [-0.3, -0.25) is 0 Å². The van der Waals surface area contributed by atoms with Gasteiger partial charge >= 0.3 is 0 Å². The van der Waals surface area contributed by atoms with E-state index in [1.165, 1.54) is 0 Å². The molecule has 2 aromatic rings. The lowest BCUT2D eigenvalue weighted by Crippen LogP contribution is -2.24. The molecule has 1 atom stereocenters. The summed E-state index contributed by atoms with van der Waals surface area (Å²) >= 11 is 0. The first-order valence-corrected chi connectivity index (χ1v) is 7.61. The molecule has 0 saturated heterocycles. The predicted molar refractivity (Wildman–Crippen MR) is 73.5 cm³/mol. The van der Waals surface area contributed by atoms with E-state index in [0.717, 1.165) is 0 Å². The van der Waals surface area contributed by atoms with Gasteiger partial charge in [0.15, 0.2) is 5.82 Å². The molecule has 8 nitrogen and oxygen atoms in total. The van der Waals surface area contributed by atoms with Gasteiger partial charge in [-0.05, 0) is 19.1 Å². The van der Waals surface area contributed by atoms with Crippen LogP contribution in [0, 0.1) is 0 Å². The molecule has 0 aliphatic heterocycles. The van der Waals surface area contributed by atoms with E-state index in [2.05, 4.69) is 30.7 Å². The van der Waals surface area contributed by atoms with Crippen LogP contribution in [0.25, 0.3) is 0 Å². The molecule has 0 saturated carbocycles. The second-order valence-electron chi connectivity index (χ2n) is 4.13. The van der Waals surface area contributed by atoms with Crippen molar-refractivity contribution in [3.8, 4) is 0 Å². The number of nitrogens with zero attached hydrogens (tertiary/aromatic N) is 3. The highest BCUT2D eigenvalue weighted by molar-refractivity contribution is 7.89. The molecule has 20 heavy (non-hydrogen) atoms. The van der Waals surface area contributed by atoms with Gasteiger partial charge in [0.05, 0.1) is 11.7 Å². The summed E-state index contributed by atoms with van der Waals surface area (Å²) in [5.41, 5.74) is 0.491. The number of nitrogens with one attached hydrogen (secondary N) is 3. The van der Waals surface area contributed by atoms with Crippen molar-refractivity contribution in [2.45, 2.75) is 24.8 Å². The Bertz CT molecular complexity index is 655. The molecular formula is C11H16N6O2S. The summed E-state index contributed by atoms with van der Waals surface area (Å²) in [6.07, 6.45) is 0. The summed E-state index contributed by atoms with van der Waals surface area (Å²) in [7, 11) is -3.53. The van der Waals surface area contributed by atoms with Gasteiger partial charge in [-0.2, -0.15) is 5.21 Å². The van der Waals surface area contributed by atoms with Crippen LogP contribution in [0.1, 0.15) is 25.7 Å².